The van der Waals surface area contributed by atoms with Crippen molar-refractivity contribution in [3.8, 4) is 5.75 Å². The molecule has 0 unspecified atom stereocenters. The molecule has 7 N–H and O–H groups in total. The van der Waals surface area contributed by atoms with E-state index in [1.54, 1.807) is 24.3 Å². The highest BCUT2D eigenvalue weighted by atomic mass is 16.3. The molecule has 0 aromatic heterocycles. The van der Waals surface area contributed by atoms with Crippen LogP contribution in [0, 0.1) is 0 Å². The molecule has 166 valence electrons. The van der Waals surface area contributed by atoms with Crippen LogP contribution >= 0.6 is 0 Å². The average molecular weight is 426 g/mol. The second-order valence-electron chi connectivity index (χ2n) is 7.29. The fourth-order valence-electron chi connectivity index (χ4n) is 3.06. The van der Waals surface area contributed by atoms with Crippen LogP contribution in [0.25, 0.3) is 0 Å². The minimum atomic E-state index is -0.671. The average Bonchev–Trinajstić information content (AvgIpc) is 2.76. The molecule has 0 aliphatic carbocycles. The second kappa shape index (κ2) is 12.9. The van der Waals surface area contributed by atoms with Gasteiger partial charge in [0.2, 0.25) is 11.8 Å². The van der Waals surface area contributed by atoms with Gasteiger partial charge in [0.1, 0.15) is 11.8 Å². The van der Waals surface area contributed by atoms with Crippen molar-refractivity contribution in [2.45, 2.75) is 44.7 Å². The normalized spacial score (nSPS) is 11.4. The van der Waals surface area contributed by atoms with E-state index in [0.717, 1.165) is 12.0 Å². The molecule has 0 heterocycles. The third-order valence-corrected chi connectivity index (χ3v) is 4.71. The molecule has 8 nitrogen and oxygen atoms in total. The van der Waals surface area contributed by atoms with Crippen molar-refractivity contribution in [1.82, 2.24) is 10.6 Å². The monoisotopic (exact) mass is 425 g/mol. The summed E-state index contributed by atoms with van der Waals surface area (Å²) in [5.41, 5.74) is 12.7. The Morgan fingerprint density at radius 3 is 2.35 bits per heavy atom. The van der Waals surface area contributed by atoms with Gasteiger partial charge in [0.15, 0.2) is 5.96 Å². The smallest absolute Gasteiger partial charge is 0.242 e. The highest BCUT2D eigenvalue weighted by molar-refractivity contribution is 5.87. The molecule has 0 bridgehead atoms. The Morgan fingerprint density at radius 2 is 1.68 bits per heavy atom. The van der Waals surface area contributed by atoms with E-state index in [2.05, 4.69) is 15.6 Å². The van der Waals surface area contributed by atoms with E-state index in [4.69, 9.17) is 11.5 Å². The number of amides is 2. The largest absolute Gasteiger partial charge is 0.508 e. The summed E-state index contributed by atoms with van der Waals surface area (Å²) >= 11 is 0. The molecule has 0 spiro atoms. The molecule has 8 heteroatoms. The van der Waals surface area contributed by atoms with E-state index >= 15 is 0 Å². The third-order valence-electron chi connectivity index (χ3n) is 4.71. The summed E-state index contributed by atoms with van der Waals surface area (Å²) in [6.07, 6.45) is 2.81. The molecule has 31 heavy (non-hydrogen) atoms. The first-order chi connectivity index (χ1) is 14.9. The van der Waals surface area contributed by atoms with Crippen molar-refractivity contribution in [3.05, 3.63) is 65.7 Å². The Kier molecular flexibility index (Phi) is 9.87. The summed E-state index contributed by atoms with van der Waals surface area (Å²) in [5.74, 6) is -0.273. The molecule has 0 saturated carbocycles. The lowest BCUT2D eigenvalue weighted by atomic mass is 10.1. The maximum atomic E-state index is 12.7. The summed E-state index contributed by atoms with van der Waals surface area (Å²) in [5, 5.41) is 15.0. The molecule has 2 aromatic carbocycles. The summed E-state index contributed by atoms with van der Waals surface area (Å²) in [6, 6.07) is 15.9. The minimum Gasteiger partial charge on any atom is -0.508 e. The molecule has 1 atom stereocenters. The number of phenolic OH excluding ortho intramolecular Hbond substituents is 1. The predicted molar refractivity (Wildman–Crippen MR) is 121 cm³/mol. The Bertz CT molecular complexity index is 849. The van der Waals surface area contributed by atoms with Gasteiger partial charge in [-0.2, -0.15) is 0 Å². The molecule has 0 radical (unpaired) electrons. The van der Waals surface area contributed by atoms with Crippen LogP contribution in [-0.2, 0) is 22.6 Å². The number of carbonyl (C=O) groups excluding carboxylic acids is 2. The Morgan fingerprint density at radius 1 is 0.968 bits per heavy atom. The van der Waals surface area contributed by atoms with Crippen LogP contribution in [0.1, 0.15) is 36.8 Å². The van der Waals surface area contributed by atoms with Crippen LogP contribution < -0.4 is 22.1 Å². The van der Waals surface area contributed by atoms with Crippen molar-refractivity contribution < 1.29 is 14.7 Å². The van der Waals surface area contributed by atoms with E-state index < -0.39 is 6.04 Å². The fourth-order valence-corrected chi connectivity index (χ4v) is 3.06. The second-order valence-corrected chi connectivity index (χ2v) is 7.29. The van der Waals surface area contributed by atoms with Crippen molar-refractivity contribution in [2.24, 2.45) is 16.5 Å². The summed E-state index contributed by atoms with van der Waals surface area (Å²) in [6.45, 7) is 0.682. The zero-order valence-electron chi connectivity index (χ0n) is 17.6. The van der Waals surface area contributed by atoms with Gasteiger partial charge in [0, 0.05) is 19.5 Å². The number of aryl methyl sites for hydroxylation is 1. The van der Waals surface area contributed by atoms with Gasteiger partial charge in [0.05, 0.1) is 0 Å². The lowest BCUT2D eigenvalue weighted by molar-refractivity contribution is -0.129. The topological polar surface area (TPSA) is 143 Å². The van der Waals surface area contributed by atoms with Gasteiger partial charge in [-0.15, -0.1) is 0 Å². The fraction of sp³-hybridized carbons (Fsp3) is 0.348. The molecule has 2 rings (SSSR count). The number of rotatable bonds is 12. The van der Waals surface area contributed by atoms with Crippen LogP contribution in [0.5, 0.6) is 5.75 Å². The van der Waals surface area contributed by atoms with Gasteiger partial charge in [-0.25, -0.2) is 0 Å². The number of aliphatic imine (C=N–C) groups is 1. The number of hydrogen-bond donors (Lipinski definition) is 5. The van der Waals surface area contributed by atoms with Gasteiger partial charge < -0.3 is 27.2 Å². The lowest BCUT2D eigenvalue weighted by Crippen LogP contribution is -2.46. The molecule has 2 amide bonds. The van der Waals surface area contributed by atoms with Crippen molar-refractivity contribution in [1.29, 1.82) is 0 Å². The van der Waals surface area contributed by atoms with Crippen molar-refractivity contribution in [3.63, 3.8) is 0 Å². The third kappa shape index (κ3) is 9.66. The van der Waals surface area contributed by atoms with Gasteiger partial charge in [-0.3, -0.25) is 14.6 Å². The Labute approximate surface area is 182 Å². The van der Waals surface area contributed by atoms with Gasteiger partial charge in [-0.05, 0) is 48.9 Å². The van der Waals surface area contributed by atoms with E-state index in [-0.39, 0.29) is 23.5 Å². The van der Waals surface area contributed by atoms with Crippen LogP contribution in [-0.4, -0.2) is 35.5 Å². The number of guanidine groups is 1. The zero-order valence-corrected chi connectivity index (χ0v) is 17.6. The zero-order chi connectivity index (χ0) is 22.5. The number of aromatic hydroxyl groups is 1. The molecular weight excluding hydrogens is 394 g/mol. The number of nitrogens with two attached hydrogens (primary N) is 2. The summed E-state index contributed by atoms with van der Waals surface area (Å²) < 4.78 is 0. The number of nitrogens with one attached hydrogen (secondary N) is 2. The van der Waals surface area contributed by atoms with Crippen LogP contribution in [0.15, 0.2) is 59.6 Å². The van der Waals surface area contributed by atoms with Crippen molar-refractivity contribution >= 4 is 17.8 Å². The molecular formula is C23H31N5O3. The minimum absolute atomic E-state index is 0.00159. The summed E-state index contributed by atoms with van der Waals surface area (Å²) in [4.78, 5) is 29.0. The molecule has 2 aromatic rings. The summed E-state index contributed by atoms with van der Waals surface area (Å²) in [7, 11) is 0. The van der Waals surface area contributed by atoms with E-state index in [0.29, 0.717) is 38.8 Å². The molecule has 0 aliphatic heterocycles. The number of nitrogens with zero attached hydrogens (tertiary/aromatic N) is 1. The Balaban J connectivity index is 1.86. The van der Waals surface area contributed by atoms with Crippen LogP contribution in [0.3, 0.4) is 0 Å². The first kappa shape index (κ1) is 23.7. The number of phenols is 1. The number of benzene rings is 2. The maximum absolute atomic E-state index is 12.7. The standard InChI is InChI=1S/C23H31N5O3/c24-23(25)26-15-5-9-20(22(31)27-16-18-11-13-19(29)14-12-18)28-21(30)10-4-8-17-6-2-1-3-7-17/h1-3,6-7,11-14,20,29H,4-5,8-10,15-16H2,(H,27,31)(H,28,30)(H4,24,25,26)/t20-/m1/s1. The van der Waals surface area contributed by atoms with Crippen LogP contribution in [0.4, 0.5) is 0 Å². The predicted octanol–water partition coefficient (Wildman–Crippen LogP) is 1.57. The van der Waals surface area contributed by atoms with Gasteiger partial charge >= 0.3 is 0 Å². The van der Waals surface area contributed by atoms with Gasteiger partial charge in [0.25, 0.3) is 0 Å². The quantitative estimate of drug-likeness (QED) is 0.199. The van der Waals surface area contributed by atoms with E-state index in [9.17, 15) is 14.7 Å². The highest BCUT2D eigenvalue weighted by Gasteiger charge is 2.20. The van der Waals surface area contributed by atoms with E-state index in [1.807, 2.05) is 30.3 Å². The van der Waals surface area contributed by atoms with Gasteiger partial charge in [-0.1, -0.05) is 42.5 Å². The molecule has 0 fully saturated rings. The Hall–Kier alpha value is -3.55. The number of carbonyl (C=O) groups is 2. The van der Waals surface area contributed by atoms with Crippen molar-refractivity contribution in [2.75, 3.05) is 6.54 Å². The maximum Gasteiger partial charge on any atom is 0.242 e. The lowest BCUT2D eigenvalue weighted by Gasteiger charge is -2.18. The van der Waals surface area contributed by atoms with E-state index in [1.165, 1.54) is 5.56 Å². The molecule has 0 aliphatic rings. The first-order valence-electron chi connectivity index (χ1n) is 10.4. The van der Waals surface area contributed by atoms with Crippen LogP contribution in [0.2, 0.25) is 0 Å². The SMILES string of the molecule is NC(N)=NCCC[C@@H](NC(=O)CCCc1ccccc1)C(=O)NCc1ccc(O)cc1. The molecule has 0 saturated heterocycles. The first-order valence-corrected chi connectivity index (χ1v) is 10.4. The number of hydrogen-bond acceptors (Lipinski definition) is 4. The highest BCUT2D eigenvalue weighted by Crippen LogP contribution is 2.10.